The molecule has 24 heavy (non-hydrogen) atoms. The van der Waals surface area contributed by atoms with Gasteiger partial charge in [-0.05, 0) is 48.5 Å². The van der Waals surface area contributed by atoms with Gasteiger partial charge >= 0.3 is 0 Å². The quantitative estimate of drug-likeness (QED) is 0.825. The van der Waals surface area contributed by atoms with Gasteiger partial charge in [-0.1, -0.05) is 0 Å². The van der Waals surface area contributed by atoms with Crippen molar-refractivity contribution in [1.29, 1.82) is 0 Å². The van der Waals surface area contributed by atoms with Gasteiger partial charge in [0.15, 0.2) is 11.5 Å². The van der Waals surface area contributed by atoms with E-state index in [1.165, 1.54) is 0 Å². The Morgan fingerprint density at radius 1 is 1.46 bits per heavy atom. The Balaban J connectivity index is 1.75. The second-order valence-corrected chi connectivity index (χ2v) is 7.94. The standard InChI is InChI=1S/C16H18BrN5O2/c1-16(2,7-23)20-15(24)13-10-4-8-3-9(8)14(10)22(21-13)12-6-18-11(17)5-19-12/h5-6,8-9,23H,3-4,7H2,1-2H3,(H,20,24)/t8-,9-/m1/s1. The maximum Gasteiger partial charge on any atom is 0.272 e. The highest BCUT2D eigenvalue weighted by atomic mass is 79.9. The fourth-order valence-electron chi connectivity index (χ4n) is 3.29. The van der Waals surface area contributed by atoms with Crippen LogP contribution in [0.5, 0.6) is 0 Å². The molecule has 2 aromatic rings. The van der Waals surface area contributed by atoms with Crippen LogP contribution in [0.25, 0.3) is 5.82 Å². The first kappa shape index (κ1) is 15.7. The number of nitrogens with zero attached hydrogens (tertiary/aromatic N) is 4. The summed E-state index contributed by atoms with van der Waals surface area (Å²) < 4.78 is 2.41. The molecule has 1 amide bonds. The molecule has 0 aliphatic heterocycles. The number of rotatable bonds is 4. The number of nitrogens with one attached hydrogen (secondary N) is 1. The number of fused-ring (bicyclic) bond motifs is 3. The van der Waals surface area contributed by atoms with Crippen LogP contribution in [0.1, 0.15) is 47.9 Å². The van der Waals surface area contributed by atoms with E-state index < -0.39 is 5.54 Å². The first-order valence-corrected chi connectivity index (χ1v) is 8.72. The van der Waals surface area contributed by atoms with Crippen molar-refractivity contribution in [3.63, 3.8) is 0 Å². The first-order valence-electron chi connectivity index (χ1n) is 7.92. The van der Waals surface area contributed by atoms with Crippen molar-refractivity contribution >= 4 is 21.8 Å². The lowest BCUT2D eigenvalue weighted by Gasteiger charge is -2.23. The van der Waals surface area contributed by atoms with Gasteiger partial charge in [-0.15, -0.1) is 0 Å². The number of carbonyl (C=O) groups is 1. The Bertz CT molecular complexity index is 815. The summed E-state index contributed by atoms with van der Waals surface area (Å²) in [6.45, 7) is 3.42. The monoisotopic (exact) mass is 391 g/mol. The molecule has 2 aliphatic rings. The number of aliphatic hydroxyl groups is 1. The van der Waals surface area contributed by atoms with Crippen molar-refractivity contribution in [2.24, 2.45) is 5.92 Å². The van der Waals surface area contributed by atoms with E-state index in [0.717, 1.165) is 24.1 Å². The van der Waals surface area contributed by atoms with Crippen LogP contribution in [-0.2, 0) is 6.42 Å². The smallest absolute Gasteiger partial charge is 0.272 e. The molecule has 7 nitrogen and oxygen atoms in total. The average molecular weight is 392 g/mol. The molecule has 2 aromatic heterocycles. The zero-order valence-corrected chi connectivity index (χ0v) is 15.0. The molecule has 2 N–H and O–H groups in total. The van der Waals surface area contributed by atoms with Gasteiger partial charge in [0.2, 0.25) is 0 Å². The minimum absolute atomic E-state index is 0.134. The fraction of sp³-hybridized carbons (Fsp3) is 0.500. The van der Waals surface area contributed by atoms with E-state index in [1.54, 1.807) is 30.9 Å². The van der Waals surface area contributed by atoms with Gasteiger partial charge in [-0.3, -0.25) is 4.79 Å². The molecule has 0 unspecified atom stereocenters. The van der Waals surface area contributed by atoms with Crippen LogP contribution < -0.4 is 5.32 Å². The molecule has 0 saturated heterocycles. The summed E-state index contributed by atoms with van der Waals surface area (Å²) in [6, 6.07) is 0. The number of aromatic nitrogens is 4. The Morgan fingerprint density at radius 3 is 2.92 bits per heavy atom. The van der Waals surface area contributed by atoms with E-state index >= 15 is 0 Å². The van der Waals surface area contributed by atoms with Crippen molar-refractivity contribution in [3.05, 3.63) is 33.9 Å². The molecule has 2 aliphatic carbocycles. The lowest BCUT2D eigenvalue weighted by atomic mass is 10.1. The molecular weight excluding hydrogens is 374 g/mol. The van der Waals surface area contributed by atoms with E-state index in [-0.39, 0.29) is 12.5 Å². The molecular formula is C16H18BrN5O2. The van der Waals surface area contributed by atoms with Crippen molar-refractivity contribution in [2.45, 2.75) is 38.1 Å². The van der Waals surface area contributed by atoms with E-state index in [2.05, 4.69) is 36.3 Å². The van der Waals surface area contributed by atoms with Crippen LogP contribution in [0.3, 0.4) is 0 Å². The molecule has 8 heteroatoms. The topological polar surface area (TPSA) is 92.9 Å². The number of halogens is 1. The van der Waals surface area contributed by atoms with E-state index in [4.69, 9.17) is 0 Å². The molecule has 126 valence electrons. The predicted octanol–water partition coefficient (Wildman–Crippen LogP) is 1.59. The van der Waals surface area contributed by atoms with Crippen LogP contribution >= 0.6 is 15.9 Å². The van der Waals surface area contributed by atoms with Crippen molar-refractivity contribution < 1.29 is 9.90 Å². The molecule has 2 heterocycles. The number of carbonyl (C=O) groups excluding carboxylic acids is 1. The molecule has 1 fully saturated rings. The summed E-state index contributed by atoms with van der Waals surface area (Å²) in [5, 5.41) is 16.8. The lowest BCUT2D eigenvalue weighted by Crippen LogP contribution is -2.46. The fourth-order valence-corrected chi connectivity index (χ4v) is 3.50. The zero-order valence-electron chi connectivity index (χ0n) is 13.5. The van der Waals surface area contributed by atoms with Gasteiger partial charge in [-0.2, -0.15) is 5.10 Å². The predicted molar refractivity (Wildman–Crippen MR) is 90.0 cm³/mol. The summed E-state index contributed by atoms with van der Waals surface area (Å²) >= 11 is 3.28. The first-order chi connectivity index (χ1) is 11.4. The Kier molecular flexibility index (Phi) is 3.50. The normalized spacial score (nSPS) is 21.3. The van der Waals surface area contributed by atoms with Gasteiger partial charge < -0.3 is 10.4 Å². The van der Waals surface area contributed by atoms with Gasteiger partial charge in [0.25, 0.3) is 5.91 Å². The van der Waals surface area contributed by atoms with Gasteiger partial charge in [0.05, 0.1) is 30.2 Å². The third-order valence-corrected chi connectivity index (χ3v) is 5.06. The highest BCUT2D eigenvalue weighted by Crippen LogP contribution is 2.57. The van der Waals surface area contributed by atoms with Crippen LogP contribution in [-0.4, -0.2) is 42.9 Å². The van der Waals surface area contributed by atoms with Crippen LogP contribution in [0, 0.1) is 5.92 Å². The number of aliphatic hydroxyl groups excluding tert-OH is 1. The molecule has 2 atom stereocenters. The van der Waals surface area contributed by atoms with Gasteiger partial charge in [0, 0.05) is 11.5 Å². The number of hydrogen-bond donors (Lipinski definition) is 2. The van der Waals surface area contributed by atoms with Gasteiger partial charge in [-0.25, -0.2) is 14.6 Å². The summed E-state index contributed by atoms with van der Waals surface area (Å²) in [5.74, 6) is 1.44. The summed E-state index contributed by atoms with van der Waals surface area (Å²) in [6.07, 6.45) is 5.29. The average Bonchev–Trinajstić information content (AvgIpc) is 3.04. The Hall–Kier alpha value is -1.80. The minimum atomic E-state index is -0.688. The zero-order chi connectivity index (χ0) is 17.1. The largest absolute Gasteiger partial charge is 0.394 e. The second-order valence-electron chi connectivity index (χ2n) is 7.12. The lowest BCUT2D eigenvalue weighted by molar-refractivity contribution is 0.0863. The van der Waals surface area contributed by atoms with E-state index in [0.29, 0.717) is 28.0 Å². The Morgan fingerprint density at radius 2 is 2.25 bits per heavy atom. The molecule has 0 spiro atoms. The van der Waals surface area contributed by atoms with Crippen molar-refractivity contribution in [3.8, 4) is 5.82 Å². The molecule has 0 aromatic carbocycles. The maximum absolute atomic E-state index is 12.7. The molecule has 4 rings (SSSR count). The molecule has 1 saturated carbocycles. The van der Waals surface area contributed by atoms with Gasteiger partial charge in [0.1, 0.15) is 4.60 Å². The van der Waals surface area contributed by atoms with Crippen LogP contribution in [0.2, 0.25) is 0 Å². The highest BCUT2D eigenvalue weighted by Gasteiger charge is 2.50. The van der Waals surface area contributed by atoms with Crippen molar-refractivity contribution in [2.75, 3.05) is 6.61 Å². The third kappa shape index (κ3) is 2.53. The summed E-state index contributed by atoms with van der Waals surface area (Å²) in [7, 11) is 0. The summed E-state index contributed by atoms with van der Waals surface area (Å²) in [4.78, 5) is 21.2. The molecule has 0 bridgehead atoms. The van der Waals surface area contributed by atoms with Crippen LogP contribution in [0.4, 0.5) is 0 Å². The van der Waals surface area contributed by atoms with Crippen LogP contribution in [0.15, 0.2) is 17.0 Å². The number of amides is 1. The third-order valence-electron chi connectivity index (χ3n) is 4.65. The summed E-state index contributed by atoms with van der Waals surface area (Å²) in [5.41, 5.74) is 1.84. The minimum Gasteiger partial charge on any atom is -0.394 e. The SMILES string of the molecule is CC(C)(CO)NC(=O)c1nn(-c2cnc(Br)cn2)c2c1C[C@H]1C[C@@H]21. The maximum atomic E-state index is 12.7. The van der Waals surface area contributed by atoms with E-state index in [9.17, 15) is 9.90 Å². The second kappa shape index (κ2) is 5.35. The van der Waals surface area contributed by atoms with E-state index in [1.807, 2.05) is 0 Å². The van der Waals surface area contributed by atoms with Crippen molar-refractivity contribution in [1.82, 2.24) is 25.1 Å². The highest BCUT2D eigenvalue weighted by molar-refractivity contribution is 9.10. The number of hydrogen-bond acceptors (Lipinski definition) is 5. The Labute approximate surface area is 147 Å². The molecule has 0 radical (unpaired) electrons.